The summed E-state index contributed by atoms with van der Waals surface area (Å²) in [5, 5.41) is 3.36. The number of benzene rings is 2. The van der Waals surface area contributed by atoms with Crippen molar-refractivity contribution in [2.45, 2.75) is 27.2 Å². The summed E-state index contributed by atoms with van der Waals surface area (Å²) in [6.07, 6.45) is 0.906. The van der Waals surface area contributed by atoms with Crippen molar-refractivity contribution in [3.8, 4) is 5.69 Å². The highest BCUT2D eigenvalue weighted by molar-refractivity contribution is 7.71. The summed E-state index contributed by atoms with van der Waals surface area (Å²) in [5.41, 5.74) is 3.64. The molecule has 1 fully saturated rings. The summed E-state index contributed by atoms with van der Waals surface area (Å²) in [6.45, 7) is 9.38. The Bertz CT molecular complexity index is 1390. The van der Waals surface area contributed by atoms with Crippen LogP contribution in [0.4, 0.5) is 0 Å². The fraction of sp³-hybridized carbons (Fsp3) is 0.385. The third kappa shape index (κ3) is 5.21. The predicted octanol–water partition coefficient (Wildman–Crippen LogP) is 2.95. The Labute approximate surface area is 209 Å². The van der Waals surface area contributed by atoms with Crippen molar-refractivity contribution in [1.82, 2.24) is 24.7 Å². The van der Waals surface area contributed by atoms with Crippen molar-refractivity contribution in [2.75, 3.05) is 39.3 Å². The van der Waals surface area contributed by atoms with Crippen LogP contribution < -0.4 is 10.9 Å². The van der Waals surface area contributed by atoms with Crippen LogP contribution in [0, 0.1) is 18.6 Å². The number of H-pyrrole nitrogens is 1. The van der Waals surface area contributed by atoms with Crippen LogP contribution in [0.5, 0.6) is 0 Å². The van der Waals surface area contributed by atoms with Crippen LogP contribution in [0.25, 0.3) is 16.6 Å². The van der Waals surface area contributed by atoms with Crippen LogP contribution in [0.15, 0.2) is 41.2 Å². The number of aryl methyl sites for hydroxylation is 1. The van der Waals surface area contributed by atoms with E-state index < -0.39 is 0 Å². The second kappa shape index (κ2) is 10.5. The first-order chi connectivity index (χ1) is 16.8. The average molecular weight is 494 g/mol. The number of rotatable bonds is 6. The molecule has 2 amide bonds. The summed E-state index contributed by atoms with van der Waals surface area (Å²) in [5.74, 6) is -0.0806. The highest BCUT2D eigenvalue weighted by Crippen LogP contribution is 2.19. The predicted molar refractivity (Wildman–Crippen MR) is 140 cm³/mol. The van der Waals surface area contributed by atoms with Gasteiger partial charge in [-0.2, -0.15) is 0 Å². The number of hydrogen-bond acceptors (Lipinski definition) is 5. The number of piperazine rings is 1. The fourth-order valence-corrected chi connectivity index (χ4v) is 4.65. The first-order valence-corrected chi connectivity index (χ1v) is 12.3. The Kier molecular flexibility index (Phi) is 7.47. The normalized spacial score (nSPS) is 14.3. The van der Waals surface area contributed by atoms with Gasteiger partial charge >= 0.3 is 0 Å². The van der Waals surface area contributed by atoms with Crippen LogP contribution in [0.2, 0.25) is 0 Å². The molecule has 2 N–H and O–H groups in total. The number of amides is 2. The SMILES string of the molecule is CCCNC(=O)CN1CCN(C(=O)c2ccc3c(=O)n(-c4cccc(C)c4C)c(=S)[nH]c3c2)CC1. The molecule has 1 aromatic heterocycles. The summed E-state index contributed by atoms with van der Waals surface area (Å²) >= 11 is 5.53. The maximum atomic E-state index is 13.3. The molecule has 4 rings (SSSR count). The van der Waals surface area contributed by atoms with Gasteiger partial charge in [-0.1, -0.05) is 19.1 Å². The maximum Gasteiger partial charge on any atom is 0.266 e. The molecular weight excluding hydrogens is 462 g/mol. The number of carbonyl (C=O) groups is 2. The van der Waals surface area contributed by atoms with E-state index in [-0.39, 0.29) is 22.1 Å². The van der Waals surface area contributed by atoms with E-state index in [1.807, 2.05) is 39.0 Å². The van der Waals surface area contributed by atoms with Gasteiger partial charge in [-0.15, -0.1) is 0 Å². The van der Waals surface area contributed by atoms with Gasteiger partial charge in [0.2, 0.25) is 5.91 Å². The third-order valence-electron chi connectivity index (χ3n) is 6.56. The Hall–Kier alpha value is -3.30. The molecule has 0 bridgehead atoms. The molecule has 3 aromatic rings. The van der Waals surface area contributed by atoms with E-state index in [9.17, 15) is 14.4 Å². The van der Waals surface area contributed by atoms with Crippen LogP contribution in [0.3, 0.4) is 0 Å². The number of aromatic amines is 1. The molecule has 0 unspecified atom stereocenters. The van der Waals surface area contributed by atoms with E-state index in [2.05, 4.69) is 15.2 Å². The Morgan fingerprint density at radius 2 is 1.83 bits per heavy atom. The lowest BCUT2D eigenvalue weighted by atomic mass is 10.1. The van der Waals surface area contributed by atoms with E-state index in [0.717, 1.165) is 23.2 Å². The second-order valence-corrected chi connectivity index (χ2v) is 9.36. The Morgan fingerprint density at radius 1 is 1.09 bits per heavy atom. The zero-order valence-corrected chi connectivity index (χ0v) is 21.2. The molecule has 0 saturated carbocycles. The molecule has 184 valence electrons. The second-order valence-electron chi connectivity index (χ2n) is 8.97. The van der Waals surface area contributed by atoms with Crippen molar-refractivity contribution < 1.29 is 9.59 Å². The molecule has 0 spiro atoms. The lowest BCUT2D eigenvalue weighted by molar-refractivity contribution is -0.122. The van der Waals surface area contributed by atoms with Gasteiger partial charge < -0.3 is 15.2 Å². The Morgan fingerprint density at radius 3 is 2.54 bits per heavy atom. The van der Waals surface area contributed by atoms with Crippen molar-refractivity contribution in [2.24, 2.45) is 0 Å². The highest BCUT2D eigenvalue weighted by atomic mass is 32.1. The van der Waals surface area contributed by atoms with Gasteiger partial charge in [-0.25, -0.2) is 0 Å². The summed E-state index contributed by atoms with van der Waals surface area (Å²) in [7, 11) is 0. The number of nitrogens with zero attached hydrogens (tertiary/aromatic N) is 3. The molecule has 0 atom stereocenters. The average Bonchev–Trinajstić information content (AvgIpc) is 2.85. The largest absolute Gasteiger partial charge is 0.355 e. The fourth-order valence-electron chi connectivity index (χ4n) is 4.36. The topological polar surface area (TPSA) is 90.4 Å². The monoisotopic (exact) mass is 493 g/mol. The lowest BCUT2D eigenvalue weighted by Gasteiger charge is -2.34. The van der Waals surface area contributed by atoms with Crippen LogP contribution in [0.1, 0.15) is 34.8 Å². The lowest BCUT2D eigenvalue weighted by Crippen LogP contribution is -2.51. The van der Waals surface area contributed by atoms with Gasteiger partial charge in [-0.3, -0.25) is 23.9 Å². The molecule has 2 aromatic carbocycles. The first-order valence-electron chi connectivity index (χ1n) is 11.9. The molecule has 1 aliphatic rings. The standard InChI is InChI=1S/C26H31N5O3S/c1-4-10-27-23(32)16-29-11-13-30(14-12-29)24(33)19-8-9-20-21(15-19)28-26(35)31(25(20)34)22-7-5-6-17(2)18(22)3/h5-9,15H,4,10-14,16H2,1-3H3,(H,27,32)(H,28,35). The van der Waals surface area contributed by atoms with E-state index in [1.165, 1.54) is 4.57 Å². The molecule has 8 nitrogen and oxygen atoms in total. The van der Waals surface area contributed by atoms with Gasteiger partial charge in [0, 0.05) is 38.3 Å². The molecule has 0 radical (unpaired) electrons. The van der Waals surface area contributed by atoms with Crippen molar-refractivity contribution in [3.63, 3.8) is 0 Å². The van der Waals surface area contributed by atoms with Crippen LogP contribution in [-0.4, -0.2) is 70.4 Å². The van der Waals surface area contributed by atoms with Gasteiger partial charge in [0.05, 0.1) is 23.1 Å². The minimum Gasteiger partial charge on any atom is -0.355 e. The minimum atomic E-state index is -0.216. The number of fused-ring (bicyclic) bond motifs is 1. The quantitative estimate of drug-likeness (QED) is 0.516. The highest BCUT2D eigenvalue weighted by Gasteiger charge is 2.24. The minimum absolute atomic E-state index is 0.0166. The smallest absolute Gasteiger partial charge is 0.266 e. The van der Waals surface area contributed by atoms with Crippen molar-refractivity contribution >= 4 is 34.9 Å². The van der Waals surface area contributed by atoms with Crippen molar-refractivity contribution in [3.05, 3.63) is 68.2 Å². The Balaban J connectivity index is 1.53. The van der Waals surface area contributed by atoms with Gasteiger partial charge in [0.25, 0.3) is 11.5 Å². The molecule has 2 heterocycles. The number of nitrogens with one attached hydrogen (secondary N) is 2. The van der Waals surface area contributed by atoms with Crippen molar-refractivity contribution in [1.29, 1.82) is 0 Å². The summed E-state index contributed by atoms with van der Waals surface area (Å²) in [6, 6.07) is 10.9. The van der Waals surface area contributed by atoms with E-state index in [4.69, 9.17) is 12.2 Å². The number of aromatic nitrogens is 2. The van der Waals surface area contributed by atoms with E-state index in [1.54, 1.807) is 23.1 Å². The van der Waals surface area contributed by atoms with Gasteiger partial charge in [-0.05, 0) is 67.9 Å². The van der Waals surface area contributed by atoms with Gasteiger partial charge in [0.1, 0.15) is 0 Å². The summed E-state index contributed by atoms with van der Waals surface area (Å²) in [4.78, 5) is 45.4. The van der Waals surface area contributed by atoms with E-state index in [0.29, 0.717) is 55.7 Å². The molecule has 1 saturated heterocycles. The molecule has 0 aliphatic carbocycles. The number of carbonyl (C=O) groups excluding carboxylic acids is 2. The maximum absolute atomic E-state index is 13.3. The van der Waals surface area contributed by atoms with E-state index >= 15 is 0 Å². The molecule has 35 heavy (non-hydrogen) atoms. The third-order valence-corrected chi connectivity index (χ3v) is 6.85. The molecule has 9 heteroatoms. The number of hydrogen-bond donors (Lipinski definition) is 2. The zero-order valence-electron chi connectivity index (χ0n) is 20.4. The summed E-state index contributed by atoms with van der Waals surface area (Å²) < 4.78 is 1.80. The van der Waals surface area contributed by atoms with Crippen LogP contribution >= 0.6 is 12.2 Å². The first kappa shape index (κ1) is 24.8. The van der Waals surface area contributed by atoms with Gasteiger partial charge in [0.15, 0.2) is 4.77 Å². The molecular formula is C26H31N5O3S. The molecule has 1 aliphatic heterocycles. The zero-order chi connectivity index (χ0) is 25.1. The van der Waals surface area contributed by atoms with Crippen LogP contribution in [-0.2, 0) is 4.79 Å².